The molecule has 3 aromatic rings. The number of rotatable bonds is 3. The highest BCUT2D eigenvalue weighted by Gasteiger charge is 2.39. The van der Waals surface area contributed by atoms with Crippen LogP contribution in [0.25, 0.3) is 22.5 Å². The van der Waals surface area contributed by atoms with Gasteiger partial charge in [0.15, 0.2) is 0 Å². The van der Waals surface area contributed by atoms with Crippen LogP contribution in [0, 0.1) is 18.3 Å². The Labute approximate surface area is 190 Å². The van der Waals surface area contributed by atoms with E-state index in [1.807, 2.05) is 42.8 Å². The van der Waals surface area contributed by atoms with E-state index < -0.39 is 11.9 Å². The molecule has 3 amide bonds. The maximum absolute atomic E-state index is 13.0. The SMILES string of the molecule is Cc1cc(C#N)ccc1-c1c(-c2ccc3c(c2)CN(C2CCC(=O)NC2=O)C3=O)ncn1C. The van der Waals surface area contributed by atoms with Crippen LogP contribution in [-0.4, -0.2) is 38.2 Å². The van der Waals surface area contributed by atoms with E-state index in [4.69, 9.17) is 0 Å². The number of piperidine rings is 1. The number of hydrogen-bond acceptors (Lipinski definition) is 5. The largest absolute Gasteiger partial charge is 0.333 e. The Morgan fingerprint density at radius 2 is 1.91 bits per heavy atom. The monoisotopic (exact) mass is 439 g/mol. The molecule has 1 N–H and O–H groups in total. The van der Waals surface area contributed by atoms with Gasteiger partial charge >= 0.3 is 0 Å². The van der Waals surface area contributed by atoms with E-state index in [2.05, 4.69) is 16.4 Å². The Kier molecular flexibility index (Phi) is 4.82. The first-order valence-electron chi connectivity index (χ1n) is 10.7. The van der Waals surface area contributed by atoms with Crippen molar-refractivity contribution in [2.45, 2.75) is 32.4 Å². The summed E-state index contributed by atoms with van der Waals surface area (Å²) in [6.07, 6.45) is 2.30. The summed E-state index contributed by atoms with van der Waals surface area (Å²) < 4.78 is 1.94. The standard InChI is InChI=1S/C25H21N5O3/c1-14-9-15(11-26)3-5-18(14)23-22(27-13-29(23)2)16-4-6-19-17(10-16)12-30(25(19)33)20-7-8-21(31)28-24(20)32/h3-6,9-10,13,20H,7-8,12H2,1-2H3,(H,28,31,32). The van der Waals surface area contributed by atoms with E-state index in [-0.39, 0.29) is 18.2 Å². The van der Waals surface area contributed by atoms with Gasteiger partial charge < -0.3 is 9.47 Å². The molecule has 1 aromatic heterocycles. The van der Waals surface area contributed by atoms with Gasteiger partial charge in [-0.1, -0.05) is 12.1 Å². The molecular formula is C25H21N5O3. The van der Waals surface area contributed by atoms with Crippen LogP contribution in [0.1, 0.15) is 39.9 Å². The number of nitrogens with one attached hydrogen (secondary N) is 1. The summed E-state index contributed by atoms with van der Waals surface area (Å²) >= 11 is 0. The van der Waals surface area contributed by atoms with Gasteiger partial charge in [0.25, 0.3) is 5.91 Å². The van der Waals surface area contributed by atoms with Gasteiger partial charge in [-0.3, -0.25) is 19.7 Å². The number of nitrogens with zero attached hydrogens (tertiary/aromatic N) is 4. The second-order valence-corrected chi connectivity index (χ2v) is 8.47. The molecule has 2 aromatic carbocycles. The van der Waals surface area contributed by atoms with E-state index in [0.717, 1.165) is 33.6 Å². The van der Waals surface area contributed by atoms with Crippen LogP contribution in [0.3, 0.4) is 0 Å². The summed E-state index contributed by atoms with van der Waals surface area (Å²) in [5, 5.41) is 11.5. The third-order valence-corrected chi connectivity index (χ3v) is 6.34. The Hall–Kier alpha value is -4.25. The van der Waals surface area contributed by atoms with Crippen LogP contribution < -0.4 is 5.32 Å². The average molecular weight is 439 g/mol. The molecule has 1 atom stereocenters. The molecule has 0 aliphatic carbocycles. The Morgan fingerprint density at radius 1 is 1.12 bits per heavy atom. The number of fused-ring (bicyclic) bond motifs is 1. The number of benzene rings is 2. The van der Waals surface area contributed by atoms with Crippen LogP contribution in [0.5, 0.6) is 0 Å². The average Bonchev–Trinajstić information content (AvgIpc) is 3.33. The number of imide groups is 1. The molecule has 33 heavy (non-hydrogen) atoms. The van der Waals surface area contributed by atoms with Crippen molar-refractivity contribution in [1.82, 2.24) is 19.8 Å². The van der Waals surface area contributed by atoms with Gasteiger partial charge in [-0.15, -0.1) is 0 Å². The molecule has 0 bridgehead atoms. The smallest absolute Gasteiger partial charge is 0.255 e. The number of imidazole rings is 1. The van der Waals surface area contributed by atoms with Crippen molar-refractivity contribution in [2.75, 3.05) is 0 Å². The maximum Gasteiger partial charge on any atom is 0.255 e. The number of carbonyl (C=O) groups excluding carboxylic acids is 3. The normalized spacial score (nSPS) is 17.7. The van der Waals surface area contributed by atoms with Crippen molar-refractivity contribution < 1.29 is 14.4 Å². The summed E-state index contributed by atoms with van der Waals surface area (Å²) in [7, 11) is 1.92. The van der Waals surface area contributed by atoms with Gasteiger partial charge in [0.2, 0.25) is 11.8 Å². The van der Waals surface area contributed by atoms with Gasteiger partial charge in [0.1, 0.15) is 6.04 Å². The minimum Gasteiger partial charge on any atom is -0.333 e. The van der Waals surface area contributed by atoms with Crippen LogP contribution >= 0.6 is 0 Å². The lowest BCUT2D eigenvalue weighted by molar-refractivity contribution is -0.136. The first-order chi connectivity index (χ1) is 15.9. The maximum atomic E-state index is 13.0. The van der Waals surface area contributed by atoms with Crippen molar-refractivity contribution >= 4 is 17.7 Å². The second kappa shape index (κ2) is 7.71. The predicted molar refractivity (Wildman–Crippen MR) is 120 cm³/mol. The minimum atomic E-state index is -0.641. The number of amides is 3. The molecule has 2 aliphatic rings. The molecule has 0 spiro atoms. The third-order valence-electron chi connectivity index (χ3n) is 6.34. The van der Waals surface area contributed by atoms with E-state index in [1.165, 1.54) is 0 Å². The van der Waals surface area contributed by atoms with Gasteiger partial charge in [0, 0.05) is 36.7 Å². The molecule has 0 saturated carbocycles. The molecule has 1 saturated heterocycles. The van der Waals surface area contributed by atoms with Gasteiger partial charge in [-0.25, -0.2) is 4.98 Å². The number of nitriles is 1. The quantitative estimate of drug-likeness (QED) is 0.632. The zero-order chi connectivity index (χ0) is 23.3. The van der Waals surface area contributed by atoms with Crippen molar-refractivity contribution in [3.63, 3.8) is 0 Å². The molecule has 1 fully saturated rings. The summed E-state index contributed by atoms with van der Waals surface area (Å²) in [6, 6.07) is 12.7. The number of aromatic nitrogens is 2. The van der Waals surface area contributed by atoms with Crippen LogP contribution in [0.4, 0.5) is 0 Å². The fraction of sp³-hybridized carbons (Fsp3) is 0.240. The lowest BCUT2D eigenvalue weighted by Gasteiger charge is -2.29. The summed E-state index contributed by atoms with van der Waals surface area (Å²) in [5.41, 5.74) is 6.51. The topological polar surface area (TPSA) is 108 Å². The van der Waals surface area contributed by atoms with E-state index in [1.54, 1.807) is 23.4 Å². The van der Waals surface area contributed by atoms with Crippen LogP contribution in [0.2, 0.25) is 0 Å². The zero-order valence-corrected chi connectivity index (χ0v) is 18.3. The Balaban J connectivity index is 1.51. The van der Waals surface area contributed by atoms with Gasteiger partial charge in [0.05, 0.1) is 29.3 Å². The number of aryl methyl sites for hydroxylation is 2. The fourth-order valence-corrected chi connectivity index (χ4v) is 4.68. The van der Waals surface area contributed by atoms with Gasteiger partial charge in [-0.2, -0.15) is 5.26 Å². The predicted octanol–water partition coefficient (Wildman–Crippen LogP) is 2.70. The molecular weight excluding hydrogens is 418 g/mol. The van der Waals surface area contributed by atoms with E-state index >= 15 is 0 Å². The highest BCUT2D eigenvalue weighted by atomic mass is 16.2. The highest BCUT2D eigenvalue weighted by Crippen LogP contribution is 2.36. The molecule has 1 unspecified atom stereocenters. The Bertz CT molecular complexity index is 1380. The van der Waals surface area contributed by atoms with Crippen LogP contribution in [0.15, 0.2) is 42.7 Å². The summed E-state index contributed by atoms with van der Waals surface area (Å²) in [5.74, 6) is -0.922. The summed E-state index contributed by atoms with van der Waals surface area (Å²) in [6.45, 7) is 2.28. The van der Waals surface area contributed by atoms with Crippen molar-refractivity contribution in [3.8, 4) is 28.6 Å². The lowest BCUT2D eigenvalue weighted by atomic mass is 9.97. The van der Waals surface area contributed by atoms with Crippen molar-refractivity contribution in [2.24, 2.45) is 7.05 Å². The van der Waals surface area contributed by atoms with Crippen molar-refractivity contribution in [3.05, 3.63) is 65.0 Å². The van der Waals surface area contributed by atoms with Crippen LogP contribution in [-0.2, 0) is 23.2 Å². The molecule has 164 valence electrons. The first-order valence-corrected chi connectivity index (χ1v) is 10.7. The molecule has 8 nitrogen and oxygen atoms in total. The molecule has 0 radical (unpaired) electrons. The molecule has 3 heterocycles. The second-order valence-electron chi connectivity index (χ2n) is 8.47. The fourth-order valence-electron chi connectivity index (χ4n) is 4.68. The van der Waals surface area contributed by atoms with Gasteiger partial charge in [-0.05, 0) is 48.7 Å². The highest BCUT2D eigenvalue weighted by molar-refractivity contribution is 6.05. The molecule has 5 rings (SSSR count). The lowest BCUT2D eigenvalue weighted by Crippen LogP contribution is -2.52. The molecule has 8 heteroatoms. The van der Waals surface area contributed by atoms with E-state index in [0.29, 0.717) is 24.1 Å². The third kappa shape index (κ3) is 3.38. The molecule has 2 aliphatic heterocycles. The first kappa shape index (κ1) is 20.6. The Morgan fingerprint density at radius 3 is 2.64 bits per heavy atom. The number of hydrogen-bond donors (Lipinski definition) is 1. The number of carbonyl (C=O) groups is 3. The zero-order valence-electron chi connectivity index (χ0n) is 18.3. The summed E-state index contributed by atoms with van der Waals surface area (Å²) in [4.78, 5) is 42.9. The van der Waals surface area contributed by atoms with Crippen molar-refractivity contribution in [1.29, 1.82) is 5.26 Å². The minimum absolute atomic E-state index is 0.199. The van der Waals surface area contributed by atoms with E-state index in [9.17, 15) is 19.6 Å².